The Morgan fingerprint density at radius 1 is 2.00 bits per heavy atom. The largest absolute Gasteiger partial charge is 0.477 e. The van der Waals surface area contributed by atoms with Gasteiger partial charge >= 0.3 is 0 Å². The van der Waals surface area contributed by atoms with Crippen molar-refractivity contribution in [1.82, 2.24) is 5.73 Å². The standard InChI is InChI=1S/C3H5N2O3/c1-8-3(4)2-5(6)7/h2,4H,1H3. The number of methoxy groups -OCH3 is 1. The lowest BCUT2D eigenvalue weighted by atomic mass is 10.8. The molecule has 0 saturated carbocycles. The first-order valence-corrected chi connectivity index (χ1v) is 1.77. The van der Waals surface area contributed by atoms with E-state index in [2.05, 4.69) is 4.74 Å². The van der Waals surface area contributed by atoms with Gasteiger partial charge in [0.05, 0.1) is 12.0 Å². The third-order valence-corrected chi connectivity index (χ3v) is 0.443. The highest BCUT2D eigenvalue weighted by Crippen LogP contribution is 1.84. The maximum atomic E-state index is 9.50. The third-order valence-electron chi connectivity index (χ3n) is 0.443. The summed E-state index contributed by atoms with van der Waals surface area (Å²) in [7, 11) is 1.20. The molecule has 0 aliphatic carbocycles. The minimum Gasteiger partial charge on any atom is -0.477 e. The molecule has 0 bridgehead atoms. The number of nitrogens with zero attached hydrogens (tertiary/aromatic N) is 1. The van der Waals surface area contributed by atoms with Crippen molar-refractivity contribution < 1.29 is 9.66 Å². The van der Waals surface area contributed by atoms with E-state index in [0.717, 1.165) is 0 Å². The summed E-state index contributed by atoms with van der Waals surface area (Å²) in [5.41, 5.74) is 6.55. The number of ether oxygens (including phenoxy) is 1. The quantitative estimate of drug-likeness (QED) is 0.290. The Bertz CT molecular complexity index is 120. The van der Waals surface area contributed by atoms with Gasteiger partial charge in [-0.25, -0.2) is 0 Å². The summed E-state index contributed by atoms with van der Waals surface area (Å²) in [4.78, 5) is 8.75. The molecule has 0 fully saturated rings. The molecule has 8 heavy (non-hydrogen) atoms. The molecule has 0 atom stereocenters. The Hall–Kier alpha value is -1.26. The van der Waals surface area contributed by atoms with E-state index in [1.54, 1.807) is 0 Å². The van der Waals surface area contributed by atoms with Crippen LogP contribution in [0.5, 0.6) is 0 Å². The van der Waals surface area contributed by atoms with Gasteiger partial charge in [-0.1, -0.05) is 0 Å². The summed E-state index contributed by atoms with van der Waals surface area (Å²) in [6, 6.07) is 0. The molecule has 1 N–H and O–H groups in total. The highest BCUT2D eigenvalue weighted by atomic mass is 16.6. The molecule has 0 amide bonds. The molecule has 0 aromatic heterocycles. The number of nitro groups is 1. The predicted octanol–water partition coefficient (Wildman–Crippen LogP) is -0.00870. The van der Waals surface area contributed by atoms with Gasteiger partial charge in [0.15, 0.2) is 0 Å². The maximum Gasteiger partial charge on any atom is 0.295 e. The molecular weight excluding hydrogens is 112 g/mol. The fourth-order valence-electron chi connectivity index (χ4n) is 0.148. The van der Waals surface area contributed by atoms with Gasteiger partial charge in [0, 0.05) is 0 Å². The van der Waals surface area contributed by atoms with Crippen molar-refractivity contribution in [2.75, 3.05) is 7.11 Å². The summed E-state index contributed by atoms with van der Waals surface area (Å²) < 4.78 is 4.15. The van der Waals surface area contributed by atoms with Crippen LogP contribution < -0.4 is 5.73 Å². The second-order valence-corrected chi connectivity index (χ2v) is 0.983. The van der Waals surface area contributed by atoms with Crippen molar-refractivity contribution in [3.05, 3.63) is 22.2 Å². The van der Waals surface area contributed by atoms with Crippen molar-refractivity contribution in [3.63, 3.8) is 0 Å². The van der Waals surface area contributed by atoms with Crippen LogP contribution in [0.1, 0.15) is 0 Å². The molecule has 0 heterocycles. The van der Waals surface area contributed by atoms with Gasteiger partial charge in [0.25, 0.3) is 12.1 Å². The van der Waals surface area contributed by atoms with Crippen LogP contribution in [0.3, 0.4) is 0 Å². The van der Waals surface area contributed by atoms with Crippen molar-refractivity contribution >= 4 is 0 Å². The zero-order valence-corrected chi connectivity index (χ0v) is 4.25. The molecule has 0 unspecified atom stereocenters. The fraction of sp³-hybridized carbons (Fsp3) is 0.333. The molecule has 1 radical (unpaired) electrons. The lowest BCUT2D eigenvalue weighted by Crippen LogP contribution is -1.92. The topological polar surface area (TPSA) is 76.2 Å². The van der Waals surface area contributed by atoms with E-state index < -0.39 is 10.8 Å². The zero-order chi connectivity index (χ0) is 6.57. The normalized spacial score (nSPS) is 10.9. The zero-order valence-electron chi connectivity index (χ0n) is 4.25. The molecule has 0 saturated heterocycles. The van der Waals surface area contributed by atoms with E-state index in [1.807, 2.05) is 0 Å². The molecule has 5 nitrogen and oxygen atoms in total. The summed E-state index contributed by atoms with van der Waals surface area (Å²) in [6.45, 7) is 0. The SMILES string of the molecule is COC([NH])=C[N+](=O)[O-]. The Kier molecular flexibility index (Phi) is 2.39. The Morgan fingerprint density at radius 3 is 2.62 bits per heavy atom. The van der Waals surface area contributed by atoms with Gasteiger partial charge in [0.2, 0.25) is 0 Å². The molecule has 5 heteroatoms. The van der Waals surface area contributed by atoms with Crippen molar-refractivity contribution in [3.8, 4) is 0 Å². The second-order valence-electron chi connectivity index (χ2n) is 0.983. The molecule has 0 aliphatic rings. The number of nitrogens with one attached hydrogen (secondary N) is 1. The van der Waals surface area contributed by atoms with Crippen LogP contribution in [-0.2, 0) is 4.74 Å². The van der Waals surface area contributed by atoms with Gasteiger partial charge in [-0.2, -0.15) is 0 Å². The highest BCUT2D eigenvalue weighted by molar-refractivity contribution is 4.75. The van der Waals surface area contributed by atoms with Crippen molar-refractivity contribution in [2.24, 2.45) is 0 Å². The summed E-state index contributed by atoms with van der Waals surface area (Å²) in [5.74, 6) is -0.449. The van der Waals surface area contributed by atoms with Crippen molar-refractivity contribution in [1.29, 1.82) is 0 Å². The van der Waals surface area contributed by atoms with Crippen LogP contribution in [0.15, 0.2) is 12.1 Å². The van der Waals surface area contributed by atoms with Crippen LogP contribution in [0.2, 0.25) is 0 Å². The number of hydrogen-bond acceptors (Lipinski definition) is 3. The maximum absolute atomic E-state index is 9.50. The smallest absolute Gasteiger partial charge is 0.295 e. The fourth-order valence-corrected chi connectivity index (χ4v) is 0.148. The van der Waals surface area contributed by atoms with E-state index >= 15 is 0 Å². The highest BCUT2D eigenvalue weighted by Gasteiger charge is 1.92. The van der Waals surface area contributed by atoms with Crippen LogP contribution in [0.25, 0.3) is 0 Å². The van der Waals surface area contributed by atoms with Crippen LogP contribution >= 0.6 is 0 Å². The molecule has 0 aromatic rings. The lowest BCUT2D eigenvalue weighted by Gasteiger charge is -1.88. The van der Waals surface area contributed by atoms with Gasteiger partial charge in [-0.3, -0.25) is 15.8 Å². The Morgan fingerprint density at radius 2 is 2.50 bits per heavy atom. The molecule has 0 aliphatic heterocycles. The van der Waals surface area contributed by atoms with Crippen molar-refractivity contribution in [2.45, 2.75) is 0 Å². The van der Waals surface area contributed by atoms with E-state index in [4.69, 9.17) is 5.73 Å². The summed E-state index contributed by atoms with van der Waals surface area (Å²) in [5, 5.41) is 9.50. The van der Waals surface area contributed by atoms with Gasteiger partial charge in [0.1, 0.15) is 0 Å². The third kappa shape index (κ3) is 2.95. The number of hydrogen-bond donors (Lipinski definition) is 0. The first-order chi connectivity index (χ1) is 3.66. The molecular formula is C3H5N2O3. The number of rotatable bonds is 2. The second kappa shape index (κ2) is 2.84. The summed E-state index contributed by atoms with van der Waals surface area (Å²) in [6.07, 6.45) is 0.472. The van der Waals surface area contributed by atoms with Crippen LogP contribution in [0, 0.1) is 10.1 Å². The van der Waals surface area contributed by atoms with Gasteiger partial charge < -0.3 is 4.74 Å². The van der Waals surface area contributed by atoms with Gasteiger partial charge in [-0.05, 0) is 0 Å². The Balaban J connectivity index is 3.75. The van der Waals surface area contributed by atoms with Crippen LogP contribution in [-0.4, -0.2) is 12.0 Å². The average molecular weight is 117 g/mol. The van der Waals surface area contributed by atoms with E-state index in [0.29, 0.717) is 6.20 Å². The van der Waals surface area contributed by atoms with Crippen LogP contribution in [0.4, 0.5) is 0 Å². The monoisotopic (exact) mass is 117 g/mol. The van der Waals surface area contributed by atoms with E-state index in [-0.39, 0.29) is 0 Å². The lowest BCUT2D eigenvalue weighted by molar-refractivity contribution is -0.405. The molecule has 0 aromatic carbocycles. The minimum atomic E-state index is -0.744. The van der Waals surface area contributed by atoms with E-state index in [9.17, 15) is 10.1 Å². The molecule has 0 rings (SSSR count). The first kappa shape index (κ1) is 6.74. The minimum absolute atomic E-state index is 0.449. The van der Waals surface area contributed by atoms with Gasteiger partial charge in [-0.15, -0.1) is 0 Å². The first-order valence-electron chi connectivity index (χ1n) is 1.77. The predicted molar refractivity (Wildman–Crippen MR) is 25.2 cm³/mol. The molecule has 0 spiro atoms. The average Bonchev–Trinajstić information content (AvgIpc) is 1.65. The molecule has 45 valence electrons. The Labute approximate surface area is 45.9 Å². The van der Waals surface area contributed by atoms with E-state index in [1.165, 1.54) is 7.11 Å². The summed E-state index contributed by atoms with van der Waals surface area (Å²) >= 11 is 0.